The fourth-order valence-electron chi connectivity index (χ4n) is 2.06. The van der Waals surface area contributed by atoms with Crippen LogP contribution in [0, 0.1) is 13.8 Å². The van der Waals surface area contributed by atoms with Gasteiger partial charge in [0, 0.05) is 37.7 Å². The van der Waals surface area contributed by atoms with Gasteiger partial charge in [-0.2, -0.15) is 0 Å². The molecule has 2 aromatic rings. The molecule has 0 bridgehead atoms. The number of aryl methyl sites for hydroxylation is 2. The van der Waals surface area contributed by atoms with E-state index in [1.165, 1.54) is 16.8 Å². The molecule has 0 radical (unpaired) electrons. The van der Waals surface area contributed by atoms with Crippen LogP contribution in [0.5, 0.6) is 0 Å². The van der Waals surface area contributed by atoms with Crippen molar-refractivity contribution in [2.24, 2.45) is 0 Å². The second kappa shape index (κ2) is 5.08. The molecule has 0 atom stereocenters. The van der Waals surface area contributed by atoms with Crippen LogP contribution in [0.3, 0.4) is 0 Å². The minimum atomic E-state index is 0.878. The molecule has 18 heavy (non-hydrogen) atoms. The van der Waals surface area contributed by atoms with Gasteiger partial charge in [0.25, 0.3) is 0 Å². The van der Waals surface area contributed by atoms with E-state index >= 15 is 0 Å². The predicted octanol–water partition coefficient (Wildman–Crippen LogP) is 3.51. The van der Waals surface area contributed by atoms with Crippen molar-refractivity contribution in [1.29, 1.82) is 0 Å². The third-order valence-corrected chi connectivity index (χ3v) is 2.98. The van der Waals surface area contributed by atoms with Crippen molar-refractivity contribution < 1.29 is 0 Å². The lowest BCUT2D eigenvalue weighted by Crippen LogP contribution is -2.10. The quantitative estimate of drug-likeness (QED) is 0.891. The summed E-state index contributed by atoms with van der Waals surface area (Å²) >= 11 is 0. The minimum absolute atomic E-state index is 0.878. The molecule has 0 amide bonds. The summed E-state index contributed by atoms with van der Waals surface area (Å²) in [4.78, 5) is 6.40. The second-order valence-corrected chi connectivity index (χ2v) is 4.55. The molecule has 0 aliphatic carbocycles. The highest BCUT2D eigenvalue weighted by atomic mass is 15.1. The number of aromatic nitrogens is 1. The monoisotopic (exact) mass is 241 g/mol. The molecular weight excluding hydrogens is 222 g/mol. The van der Waals surface area contributed by atoms with Gasteiger partial charge in [0.05, 0.1) is 0 Å². The van der Waals surface area contributed by atoms with Gasteiger partial charge >= 0.3 is 0 Å². The molecule has 2 rings (SSSR count). The van der Waals surface area contributed by atoms with Crippen LogP contribution in [0.4, 0.5) is 17.2 Å². The summed E-state index contributed by atoms with van der Waals surface area (Å²) in [6.07, 6.45) is 1.82. The Hall–Kier alpha value is -2.03. The third-order valence-electron chi connectivity index (χ3n) is 2.98. The zero-order chi connectivity index (χ0) is 13.1. The van der Waals surface area contributed by atoms with E-state index in [4.69, 9.17) is 0 Å². The predicted molar refractivity (Wildman–Crippen MR) is 77.8 cm³/mol. The molecule has 0 saturated carbocycles. The average molecular weight is 241 g/mol. The van der Waals surface area contributed by atoms with Crippen molar-refractivity contribution in [3.63, 3.8) is 0 Å². The molecule has 1 aromatic heterocycles. The minimum Gasteiger partial charge on any atom is -0.373 e. The van der Waals surface area contributed by atoms with Gasteiger partial charge in [-0.05, 0) is 43.2 Å². The van der Waals surface area contributed by atoms with E-state index in [-0.39, 0.29) is 0 Å². The molecule has 94 valence electrons. The number of rotatable bonds is 3. The molecule has 0 saturated heterocycles. The highest BCUT2D eigenvalue weighted by molar-refractivity contribution is 5.66. The van der Waals surface area contributed by atoms with Crippen LogP contribution in [-0.2, 0) is 0 Å². The van der Waals surface area contributed by atoms with Gasteiger partial charge in [0.15, 0.2) is 0 Å². The van der Waals surface area contributed by atoms with Crippen LogP contribution in [0.15, 0.2) is 36.5 Å². The molecule has 0 aliphatic rings. The summed E-state index contributed by atoms with van der Waals surface area (Å²) < 4.78 is 0. The molecular formula is C15H19N3. The van der Waals surface area contributed by atoms with Crippen LogP contribution in [0.1, 0.15) is 11.1 Å². The first-order valence-corrected chi connectivity index (χ1v) is 6.06. The van der Waals surface area contributed by atoms with E-state index in [0.29, 0.717) is 0 Å². The highest BCUT2D eigenvalue weighted by Gasteiger charge is 2.06. The molecule has 0 fully saturated rings. The maximum absolute atomic E-state index is 4.23. The largest absolute Gasteiger partial charge is 0.373 e. The molecule has 0 spiro atoms. The lowest BCUT2D eigenvalue weighted by Gasteiger charge is -2.21. The zero-order valence-corrected chi connectivity index (χ0v) is 11.4. The maximum Gasteiger partial charge on any atom is 0.127 e. The van der Waals surface area contributed by atoms with Crippen molar-refractivity contribution in [3.05, 3.63) is 47.7 Å². The highest BCUT2D eigenvalue weighted by Crippen LogP contribution is 2.26. The number of pyridine rings is 1. The van der Waals surface area contributed by atoms with Gasteiger partial charge in [-0.3, -0.25) is 0 Å². The average Bonchev–Trinajstić information content (AvgIpc) is 2.37. The number of anilines is 3. The van der Waals surface area contributed by atoms with Gasteiger partial charge in [0.1, 0.15) is 5.82 Å². The summed E-state index contributed by atoms with van der Waals surface area (Å²) in [7, 11) is 3.95. The van der Waals surface area contributed by atoms with Crippen molar-refractivity contribution in [3.8, 4) is 0 Å². The summed E-state index contributed by atoms with van der Waals surface area (Å²) in [6, 6.07) is 10.6. The van der Waals surface area contributed by atoms with Crippen molar-refractivity contribution in [2.75, 3.05) is 24.3 Å². The number of hydrogen-bond donors (Lipinski definition) is 1. The van der Waals surface area contributed by atoms with Crippen molar-refractivity contribution in [2.45, 2.75) is 13.8 Å². The van der Waals surface area contributed by atoms with Gasteiger partial charge in [0.2, 0.25) is 0 Å². The zero-order valence-electron chi connectivity index (χ0n) is 11.4. The summed E-state index contributed by atoms with van der Waals surface area (Å²) in [5.74, 6) is 0.878. The summed E-state index contributed by atoms with van der Waals surface area (Å²) in [5.41, 5.74) is 4.87. The van der Waals surface area contributed by atoms with Crippen molar-refractivity contribution in [1.82, 2.24) is 4.98 Å². The second-order valence-electron chi connectivity index (χ2n) is 4.55. The summed E-state index contributed by atoms with van der Waals surface area (Å²) in [6.45, 7) is 4.24. The van der Waals surface area contributed by atoms with E-state index < -0.39 is 0 Å². The Kier molecular flexibility index (Phi) is 3.51. The lowest BCUT2D eigenvalue weighted by molar-refractivity contribution is 1.17. The van der Waals surface area contributed by atoms with Crippen molar-refractivity contribution >= 4 is 17.2 Å². The molecule has 1 aromatic carbocycles. The van der Waals surface area contributed by atoms with Crippen LogP contribution in [0.2, 0.25) is 0 Å². The van der Waals surface area contributed by atoms with Crippen LogP contribution in [0.25, 0.3) is 0 Å². The number of hydrogen-bond acceptors (Lipinski definition) is 3. The van der Waals surface area contributed by atoms with E-state index in [1.54, 1.807) is 0 Å². The number of benzene rings is 1. The van der Waals surface area contributed by atoms with Crippen LogP contribution < -0.4 is 10.2 Å². The Bertz CT molecular complexity index is 529. The first-order valence-electron chi connectivity index (χ1n) is 6.06. The van der Waals surface area contributed by atoms with Gasteiger partial charge < -0.3 is 10.2 Å². The third kappa shape index (κ3) is 2.62. The van der Waals surface area contributed by atoms with Gasteiger partial charge in [-0.15, -0.1) is 0 Å². The summed E-state index contributed by atoms with van der Waals surface area (Å²) in [5, 5.41) is 3.06. The normalized spacial score (nSPS) is 10.2. The maximum atomic E-state index is 4.23. The number of nitrogens with zero attached hydrogens (tertiary/aromatic N) is 2. The smallest absolute Gasteiger partial charge is 0.127 e. The molecule has 0 aliphatic heterocycles. The lowest BCUT2D eigenvalue weighted by atomic mass is 10.1. The topological polar surface area (TPSA) is 28.2 Å². The first-order chi connectivity index (χ1) is 8.60. The molecule has 3 heteroatoms. The van der Waals surface area contributed by atoms with E-state index in [9.17, 15) is 0 Å². The number of nitrogens with one attached hydrogen (secondary N) is 1. The first kappa shape index (κ1) is 12.4. The van der Waals surface area contributed by atoms with Gasteiger partial charge in [-0.1, -0.05) is 6.07 Å². The SMILES string of the molecule is CNc1cc(N(C)c2cc(C)cc(C)c2)ccn1. The molecule has 1 heterocycles. The van der Waals surface area contributed by atoms with Gasteiger partial charge in [-0.25, -0.2) is 4.98 Å². The van der Waals surface area contributed by atoms with E-state index in [0.717, 1.165) is 11.5 Å². The van der Waals surface area contributed by atoms with Crippen LogP contribution in [-0.4, -0.2) is 19.1 Å². The molecule has 0 unspecified atom stereocenters. The molecule has 3 nitrogen and oxygen atoms in total. The fourth-order valence-corrected chi connectivity index (χ4v) is 2.06. The standard InChI is InChI=1S/C15H19N3/c1-11-7-12(2)9-14(8-11)18(4)13-5-6-17-15(10-13)16-3/h5-10H,1-4H3,(H,16,17). The van der Waals surface area contributed by atoms with Crippen LogP contribution >= 0.6 is 0 Å². The molecule has 1 N–H and O–H groups in total. The Balaban J connectivity index is 2.37. The van der Waals surface area contributed by atoms with E-state index in [1.807, 2.05) is 25.4 Å². The Morgan fingerprint density at radius 1 is 1.00 bits per heavy atom. The Morgan fingerprint density at radius 2 is 1.67 bits per heavy atom. The Morgan fingerprint density at radius 3 is 2.28 bits per heavy atom. The Labute approximate surface area is 108 Å². The van der Waals surface area contributed by atoms with E-state index in [2.05, 4.69) is 54.3 Å². The fraction of sp³-hybridized carbons (Fsp3) is 0.267.